The van der Waals surface area contributed by atoms with Crippen molar-refractivity contribution < 1.29 is 4.79 Å². The predicted octanol–water partition coefficient (Wildman–Crippen LogP) is 1.56. The van der Waals surface area contributed by atoms with Crippen molar-refractivity contribution in [2.24, 2.45) is 10.7 Å². The van der Waals surface area contributed by atoms with Crippen molar-refractivity contribution >= 4 is 53.3 Å². The Morgan fingerprint density at radius 3 is 2.73 bits per heavy atom. The van der Waals surface area contributed by atoms with E-state index in [0.717, 1.165) is 43.2 Å². The van der Waals surface area contributed by atoms with Crippen molar-refractivity contribution in [1.82, 2.24) is 4.90 Å². The largest absolute Gasteiger partial charge is 0.370 e. The molecule has 1 amide bonds. The van der Waals surface area contributed by atoms with Crippen LogP contribution in [0.3, 0.4) is 0 Å². The highest BCUT2D eigenvalue weighted by atomic mass is 127. The SMILES string of the molecule is I.NC(=NCC(=O)N1CCc2ccccc21)N1CCSCC1. The lowest BCUT2D eigenvalue weighted by molar-refractivity contribution is -0.117. The molecular formula is C15H21IN4OS. The number of hydrogen-bond acceptors (Lipinski definition) is 3. The van der Waals surface area contributed by atoms with Gasteiger partial charge in [0.25, 0.3) is 0 Å². The summed E-state index contributed by atoms with van der Waals surface area (Å²) in [6.45, 7) is 2.71. The zero-order chi connectivity index (χ0) is 14.7. The minimum atomic E-state index is 0. The van der Waals surface area contributed by atoms with Gasteiger partial charge in [0.1, 0.15) is 6.54 Å². The molecule has 2 heterocycles. The minimum absolute atomic E-state index is 0. The summed E-state index contributed by atoms with van der Waals surface area (Å²) in [6.07, 6.45) is 0.921. The summed E-state index contributed by atoms with van der Waals surface area (Å²) in [7, 11) is 0. The molecule has 0 bridgehead atoms. The van der Waals surface area contributed by atoms with Gasteiger partial charge in [-0.05, 0) is 18.1 Å². The Morgan fingerprint density at radius 1 is 1.23 bits per heavy atom. The molecule has 120 valence electrons. The number of para-hydroxylation sites is 1. The average molecular weight is 432 g/mol. The van der Waals surface area contributed by atoms with Crippen LogP contribution in [0.15, 0.2) is 29.3 Å². The Morgan fingerprint density at radius 2 is 1.95 bits per heavy atom. The maximum Gasteiger partial charge on any atom is 0.248 e. The lowest BCUT2D eigenvalue weighted by Gasteiger charge is -2.27. The molecule has 7 heteroatoms. The highest BCUT2D eigenvalue weighted by Crippen LogP contribution is 2.27. The summed E-state index contributed by atoms with van der Waals surface area (Å²) in [6, 6.07) is 8.05. The second-order valence-corrected chi connectivity index (χ2v) is 6.42. The molecule has 1 aromatic rings. The van der Waals surface area contributed by atoms with Gasteiger partial charge in [0.15, 0.2) is 5.96 Å². The fourth-order valence-corrected chi connectivity index (χ4v) is 3.63. The maximum atomic E-state index is 12.3. The van der Waals surface area contributed by atoms with Gasteiger partial charge in [-0.15, -0.1) is 24.0 Å². The van der Waals surface area contributed by atoms with Gasteiger partial charge in [0.05, 0.1) is 0 Å². The Balaban J connectivity index is 0.00000176. The molecule has 22 heavy (non-hydrogen) atoms. The predicted molar refractivity (Wildman–Crippen MR) is 103 cm³/mol. The number of guanidine groups is 1. The third-order valence-corrected chi connectivity index (χ3v) is 4.84. The van der Waals surface area contributed by atoms with E-state index < -0.39 is 0 Å². The average Bonchev–Trinajstić information content (AvgIpc) is 2.97. The lowest BCUT2D eigenvalue weighted by atomic mass is 10.2. The zero-order valence-electron chi connectivity index (χ0n) is 12.4. The van der Waals surface area contributed by atoms with Gasteiger partial charge in [-0.25, -0.2) is 4.99 Å². The van der Waals surface area contributed by atoms with Crippen LogP contribution in [-0.2, 0) is 11.2 Å². The molecule has 0 spiro atoms. The van der Waals surface area contributed by atoms with Gasteiger partial charge in [-0.3, -0.25) is 4.79 Å². The number of rotatable bonds is 2. The number of hydrogen-bond donors (Lipinski definition) is 1. The first-order valence-electron chi connectivity index (χ1n) is 7.26. The molecule has 0 aromatic heterocycles. The third-order valence-electron chi connectivity index (χ3n) is 3.90. The fraction of sp³-hybridized carbons (Fsp3) is 0.467. The summed E-state index contributed by atoms with van der Waals surface area (Å²) in [4.78, 5) is 20.5. The number of amides is 1. The summed E-state index contributed by atoms with van der Waals surface area (Å²) in [5.74, 6) is 2.67. The van der Waals surface area contributed by atoms with Gasteiger partial charge in [0, 0.05) is 36.8 Å². The number of thioether (sulfide) groups is 1. The number of fused-ring (bicyclic) bond motifs is 1. The number of halogens is 1. The number of carbonyl (C=O) groups excluding carboxylic acids is 1. The number of nitrogens with zero attached hydrogens (tertiary/aromatic N) is 3. The Labute approximate surface area is 152 Å². The van der Waals surface area contributed by atoms with Crippen LogP contribution >= 0.6 is 35.7 Å². The first-order valence-corrected chi connectivity index (χ1v) is 8.42. The smallest absolute Gasteiger partial charge is 0.248 e. The van der Waals surface area contributed by atoms with Gasteiger partial charge in [-0.1, -0.05) is 18.2 Å². The van der Waals surface area contributed by atoms with Crippen LogP contribution < -0.4 is 10.6 Å². The molecular weight excluding hydrogens is 411 g/mol. The van der Waals surface area contributed by atoms with Crippen molar-refractivity contribution in [2.75, 3.05) is 42.6 Å². The van der Waals surface area contributed by atoms with Crippen molar-refractivity contribution in [3.05, 3.63) is 29.8 Å². The van der Waals surface area contributed by atoms with Crippen LogP contribution in [0.5, 0.6) is 0 Å². The Kier molecular flexibility index (Phi) is 6.37. The normalized spacial score (nSPS) is 17.9. The van der Waals surface area contributed by atoms with E-state index in [0.29, 0.717) is 5.96 Å². The first kappa shape index (κ1) is 17.4. The van der Waals surface area contributed by atoms with Crippen LogP contribution in [0.4, 0.5) is 5.69 Å². The monoisotopic (exact) mass is 432 g/mol. The molecule has 2 aliphatic rings. The molecule has 1 aromatic carbocycles. The van der Waals surface area contributed by atoms with Crippen molar-refractivity contribution in [3.8, 4) is 0 Å². The Bertz CT molecular complexity index is 560. The molecule has 0 radical (unpaired) electrons. The second-order valence-electron chi connectivity index (χ2n) is 5.20. The topological polar surface area (TPSA) is 61.9 Å². The summed E-state index contributed by atoms with van der Waals surface area (Å²) >= 11 is 1.93. The van der Waals surface area contributed by atoms with E-state index in [1.807, 2.05) is 34.9 Å². The zero-order valence-corrected chi connectivity index (χ0v) is 15.5. The molecule has 0 atom stereocenters. The highest BCUT2D eigenvalue weighted by molar-refractivity contribution is 14.0. The number of anilines is 1. The summed E-state index contributed by atoms with van der Waals surface area (Å²) < 4.78 is 0. The van der Waals surface area contributed by atoms with Crippen LogP contribution in [0.2, 0.25) is 0 Å². The van der Waals surface area contributed by atoms with Crippen LogP contribution in [0, 0.1) is 0 Å². The molecule has 5 nitrogen and oxygen atoms in total. The van der Waals surface area contributed by atoms with E-state index in [2.05, 4.69) is 16.0 Å². The molecule has 1 saturated heterocycles. The molecule has 0 saturated carbocycles. The van der Waals surface area contributed by atoms with Gasteiger partial charge in [0.2, 0.25) is 5.91 Å². The van der Waals surface area contributed by atoms with Gasteiger partial charge < -0.3 is 15.5 Å². The molecule has 2 N–H and O–H groups in total. The third kappa shape index (κ3) is 3.87. The quantitative estimate of drug-likeness (QED) is 0.438. The van der Waals surface area contributed by atoms with E-state index >= 15 is 0 Å². The van der Waals surface area contributed by atoms with Crippen molar-refractivity contribution in [3.63, 3.8) is 0 Å². The van der Waals surface area contributed by atoms with Crippen LogP contribution in [0.1, 0.15) is 5.56 Å². The van der Waals surface area contributed by atoms with Crippen molar-refractivity contribution in [2.45, 2.75) is 6.42 Å². The molecule has 3 rings (SSSR count). The molecule has 2 aliphatic heterocycles. The highest BCUT2D eigenvalue weighted by Gasteiger charge is 2.23. The summed E-state index contributed by atoms with van der Waals surface area (Å²) in [5, 5.41) is 0. The summed E-state index contributed by atoms with van der Waals surface area (Å²) in [5.41, 5.74) is 8.24. The molecule has 0 aliphatic carbocycles. The number of carbonyl (C=O) groups is 1. The Hall–Kier alpha value is -0.960. The number of aliphatic imine (C=N–C) groups is 1. The maximum absolute atomic E-state index is 12.3. The lowest BCUT2D eigenvalue weighted by Crippen LogP contribution is -2.43. The van der Waals surface area contributed by atoms with Crippen molar-refractivity contribution in [1.29, 1.82) is 0 Å². The van der Waals surface area contributed by atoms with Crippen LogP contribution in [-0.4, -0.2) is 54.5 Å². The van der Waals surface area contributed by atoms with E-state index in [1.165, 1.54) is 5.56 Å². The second kappa shape index (κ2) is 8.05. The van der Waals surface area contributed by atoms with E-state index in [9.17, 15) is 4.79 Å². The van der Waals surface area contributed by atoms with E-state index in [4.69, 9.17) is 5.73 Å². The molecule has 0 unspecified atom stereocenters. The van der Waals surface area contributed by atoms with Crippen LogP contribution in [0.25, 0.3) is 0 Å². The number of benzene rings is 1. The van der Waals surface area contributed by atoms with Gasteiger partial charge in [-0.2, -0.15) is 11.8 Å². The van der Waals surface area contributed by atoms with E-state index in [-0.39, 0.29) is 36.4 Å². The number of nitrogens with two attached hydrogens (primary N) is 1. The standard InChI is InChI=1S/C15H20N4OS.HI/c16-15(18-7-9-21-10-8-18)17-11-14(20)19-6-5-12-3-1-2-4-13(12)19;/h1-4H,5-11H2,(H2,16,17);1H. The minimum Gasteiger partial charge on any atom is -0.370 e. The van der Waals surface area contributed by atoms with E-state index in [1.54, 1.807) is 0 Å². The fourth-order valence-electron chi connectivity index (χ4n) is 2.72. The molecule has 1 fully saturated rings. The van der Waals surface area contributed by atoms with Gasteiger partial charge >= 0.3 is 0 Å². The first-order chi connectivity index (χ1) is 10.3.